The van der Waals surface area contributed by atoms with Crippen molar-refractivity contribution in [3.05, 3.63) is 35.4 Å². The minimum absolute atomic E-state index is 0. The van der Waals surface area contributed by atoms with E-state index in [1.165, 1.54) is 0 Å². The lowest BCUT2D eigenvalue weighted by atomic mass is 10.1. The molecular weight excluding hydrogens is 252 g/mol. The molecule has 0 aliphatic carbocycles. The molecule has 3 N–H and O–H groups in total. The van der Waals surface area contributed by atoms with Gasteiger partial charge in [-0.3, -0.25) is 4.79 Å². The zero-order valence-electron chi connectivity index (χ0n) is 10.8. The Bertz CT molecular complexity index is 355. The van der Waals surface area contributed by atoms with Gasteiger partial charge in [0.1, 0.15) is 0 Å². The van der Waals surface area contributed by atoms with Gasteiger partial charge in [0.15, 0.2) is 0 Å². The van der Waals surface area contributed by atoms with Gasteiger partial charge < -0.3 is 15.8 Å². The first-order chi connectivity index (χ1) is 8.17. The molecule has 102 valence electrons. The molecule has 0 bridgehead atoms. The van der Waals surface area contributed by atoms with Gasteiger partial charge in [0.2, 0.25) is 0 Å². The van der Waals surface area contributed by atoms with E-state index in [0.717, 1.165) is 5.56 Å². The minimum atomic E-state index is -0.0609. The number of ether oxygens (including phenoxy) is 1. The second-order valence-corrected chi connectivity index (χ2v) is 4.18. The maximum absolute atomic E-state index is 11.8. The summed E-state index contributed by atoms with van der Waals surface area (Å²) in [6, 6.07) is 7.39. The molecule has 0 radical (unpaired) electrons. The first-order valence-electron chi connectivity index (χ1n) is 5.73. The van der Waals surface area contributed by atoms with Crippen molar-refractivity contribution < 1.29 is 9.53 Å². The van der Waals surface area contributed by atoms with E-state index in [2.05, 4.69) is 5.32 Å². The lowest BCUT2D eigenvalue weighted by Gasteiger charge is -2.10. The van der Waals surface area contributed by atoms with Crippen molar-refractivity contribution in [2.45, 2.75) is 13.5 Å². The third-order valence-electron chi connectivity index (χ3n) is 2.54. The van der Waals surface area contributed by atoms with E-state index in [4.69, 9.17) is 10.5 Å². The standard InChI is InChI=1S/C13H20N2O2.ClH/c1-10(7-14)8-15-13(16)12-5-3-11(4-6-12)9-17-2;/h3-6,10H,7-9,14H2,1-2H3,(H,15,16);1H. The van der Waals surface area contributed by atoms with Crippen LogP contribution in [0.2, 0.25) is 0 Å². The highest BCUT2D eigenvalue weighted by Crippen LogP contribution is 2.05. The number of nitrogens with two attached hydrogens (primary N) is 1. The van der Waals surface area contributed by atoms with Crippen LogP contribution in [0.15, 0.2) is 24.3 Å². The number of carbonyl (C=O) groups excluding carboxylic acids is 1. The quantitative estimate of drug-likeness (QED) is 0.826. The van der Waals surface area contributed by atoms with Crippen LogP contribution in [0.1, 0.15) is 22.8 Å². The van der Waals surface area contributed by atoms with Gasteiger partial charge in [-0.1, -0.05) is 19.1 Å². The largest absolute Gasteiger partial charge is 0.380 e. The Hall–Kier alpha value is -1.10. The molecule has 1 atom stereocenters. The Labute approximate surface area is 114 Å². The summed E-state index contributed by atoms with van der Waals surface area (Å²) in [4.78, 5) is 11.8. The maximum Gasteiger partial charge on any atom is 0.251 e. The Morgan fingerprint density at radius 3 is 2.50 bits per heavy atom. The van der Waals surface area contributed by atoms with Gasteiger partial charge >= 0.3 is 0 Å². The van der Waals surface area contributed by atoms with Crippen molar-refractivity contribution in [3.63, 3.8) is 0 Å². The fraction of sp³-hybridized carbons (Fsp3) is 0.462. The molecule has 0 aromatic heterocycles. The highest BCUT2D eigenvalue weighted by atomic mass is 35.5. The predicted molar refractivity (Wildman–Crippen MR) is 75.0 cm³/mol. The number of amides is 1. The summed E-state index contributed by atoms with van der Waals surface area (Å²) in [5, 5.41) is 2.85. The first kappa shape index (κ1) is 16.9. The number of carbonyl (C=O) groups is 1. The number of rotatable bonds is 6. The molecule has 4 nitrogen and oxygen atoms in total. The molecular formula is C13H21ClN2O2. The lowest BCUT2D eigenvalue weighted by molar-refractivity contribution is 0.0948. The van der Waals surface area contributed by atoms with Crippen molar-refractivity contribution >= 4 is 18.3 Å². The summed E-state index contributed by atoms with van der Waals surface area (Å²) in [5.41, 5.74) is 7.20. The number of benzene rings is 1. The first-order valence-corrected chi connectivity index (χ1v) is 5.73. The van der Waals surface area contributed by atoms with Crippen LogP contribution < -0.4 is 11.1 Å². The average Bonchev–Trinajstić information content (AvgIpc) is 2.36. The van der Waals surface area contributed by atoms with Gasteiger partial charge in [-0.05, 0) is 30.2 Å². The third-order valence-corrected chi connectivity index (χ3v) is 2.54. The van der Waals surface area contributed by atoms with Gasteiger partial charge in [0.25, 0.3) is 5.91 Å². The molecule has 18 heavy (non-hydrogen) atoms. The molecule has 1 unspecified atom stereocenters. The molecule has 0 aliphatic heterocycles. The Morgan fingerprint density at radius 1 is 1.39 bits per heavy atom. The zero-order valence-corrected chi connectivity index (χ0v) is 11.6. The molecule has 1 aromatic rings. The van der Waals surface area contributed by atoms with Crippen LogP contribution >= 0.6 is 12.4 Å². The summed E-state index contributed by atoms with van der Waals surface area (Å²) in [6.07, 6.45) is 0. The normalized spacial score (nSPS) is 11.5. The number of hydrogen-bond acceptors (Lipinski definition) is 3. The number of hydrogen-bond donors (Lipinski definition) is 2. The maximum atomic E-state index is 11.8. The molecule has 0 aliphatic rings. The zero-order chi connectivity index (χ0) is 12.7. The summed E-state index contributed by atoms with van der Waals surface area (Å²) < 4.78 is 5.01. The van der Waals surface area contributed by atoms with Crippen molar-refractivity contribution in [2.75, 3.05) is 20.2 Å². The van der Waals surface area contributed by atoms with E-state index in [1.807, 2.05) is 19.1 Å². The predicted octanol–water partition coefficient (Wildman–Crippen LogP) is 1.58. The number of nitrogens with one attached hydrogen (secondary N) is 1. The van der Waals surface area contributed by atoms with E-state index in [9.17, 15) is 4.79 Å². The van der Waals surface area contributed by atoms with Gasteiger partial charge in [0.05, 0.1) is 6.61 Å². The van der Waals surface area contributed by atoms with E-state index < -0.39 is 0 Å². The average molecular weight is 273 g/mol. The molecule has 5 heteroatoms. The van der Waals surface area contributed by atoms with Crippen molar-refractivity contribution in [3.8, 4) is 0 Å². The smallest absolute Gasteiger partial charge is 0.251 e. The molecule has 0 heterocycles. The molecule has 0 spiro atoms. The summed E-state index contributed by atoms with van der Waals surface area (Å²) in [5.74, 6) is 0.237. The number of methoxy groups -OCH3 is 1. The summed E-state index contributed by atoms with van der Waals surface area (Å²) in [6.45, 7) is 3.75. The SMILES string of the molecule is COCc1ccc(C(=O)NCC(C)CN)cc1.Cl. The summed E-state index contributed by atoms with van der Waals surface area (Å²) in [7, 11) is 1.65. The highest BCUT2D eigenvalue weighted by Gasteiger charge is 2.06. The third kappa shape index (κ3) is 5.49. The molecule has 0 fully saturated rings. The molecule has 1 rings (SSSR count). The van der Waals surface area contributed by atoms with Crippen LogP contribution in [0.3, 0.4) is 0 Å². The van der Waals surface area contributed by atoms with E-state index in [0.29, 0.717) is 31.2 Å². The fourth-order valence-electron chi connectivity index (χ4n) is 1.37. The molecule has 1 amide bonds. The lowest BCUT2D eigenvalue weighted by Crippen LogP contribution is -2.31. The van der Waals surface area contributed by atoms with Gasteiger partial charge in [0, 0.05) is 19.2 Å². The van der Waals surface area contributed by atoms with Gasteiger partial charge in [-0.2, -0.15) is 0 Å². The van der Waals surface area contributed by atoms with Crippen molar-refractivity contribution in [1.82, 2.24) is 5.32 Å². The van der Waals surface area contributed by atoms with E-state index in [1.54, 1.807) is 19.2 Å². The Morgan fingerprint density at radius 2 is 2.00 bits per heavy atom. The second-order valence-electron chi connectivity index (χ2n) is 4.18. The van der Waals surface area contributed by atoms with Crippen molar-refractivity contribution in [1.29, 1.82) is 0 Å². The van der Waals surface area contributed by atoms with Gasteiger partial charge in [-0.25, -0.2) is 0 Å². The van der Waals surface area contributed by atoms with Crippen LogP contribution in [0.25, 0.3) is 0 Å². The number of halogens is 1. The minimum Gasteiger partial charge on any atom is -0.380 e. The van der Waals surface area contributed by atoms with E-state index in [-0.39, 0.29) is 18.3 Å². The van der Waals surface area contributed by atoms with Crippen LogP contribution in [0.5, 0.6) is 0 Å². The fourth-order valence-corrected chi connectivity index (χ4v) is 1.37. The molecule has 0 saturated carbocycles. The van der Waals surface area contributed by atoms with Crippen LogP contribution in [-0.4, -0.2) is 26.1 Å². The monoisotopic (exact) mass is 272 g/mol. The second kappa shape index (κ2) is 8.91. The molecule has 0 saturated heterocycles. The Kier molecular flexibility index (Phi) is 8.37. The topological polar surface area (TPSA) is 64.3 Å². The molecule has 1 aromatic carbocycles. The van der Waals surface area contributed by atoms with Crippen LogP contribution in [0, 0.1) is 5.92 Å². The van der Waals surface area contributed by atoms with Gasteiger partial charge in [-0.15, -0.1) is 12.4 Å². The van der Waals surface area contributed by atoms with Crippen LogP contribution in [-0.2, 0) is 11.3 Å². The van der Waals surface area contributed by atoms with Crippen LogP contribution in [0.4, 0.5) is 0 Å². The van der Waals surface area contributed by atoms with Crippen molar-refractivity contribution in [2.24, 2.45) is 11.7 Å². The van der Waals surface area contributed by atoms with E-state index >= 15 is 0 Å². The highest BCUT2D eigenvalue weighted by molar-refractivity contribution is 5.94. The summed E-state index contributed by atoms with van der Waals surface area (Å²) >= 11 is 0. The Balaban J connectivity index is 0.00000289.